The van der Waals surface area contributed by atoms with Crippen molar-refractivity contribution in [2.75, 3.05) is 13.2 Å². The predicted octanol–water partition coefficient (Wildman–Crippen LogP) is 3.50. The summed E-state index contributed by atoms with van der Waals surface area (Å²) in [4.78, 5) is 19.5. The number of aromatic nitrogens is 3. The van der Waals surface area contributed by atoms with Crippen molar-refractivity contribution in [2.45, 2.75) is 64.2 Å². The molecule has 1 fully saturated rings. The molecule has 2 aromatic rings. The average molecular weight is 461 g/mol. The van der Waals surface area contributed by atoms with Crippen LogP contribution in [0.2, 0.25) is 5.02 Å². The summed E-state index contributed by atoms with van der Waals surface area (Å²) in [6.45, 7) is 3.13. The Bertz CT molecular complexity index is 903. The molecule has 0 spiro atoms. The molecule has 1 N–H and O–H groups in total. The predicted molar refractivity (Wildman–Crippen MR) is 111 cm³/mol. The van der Waals surface area contributed by atoms with Crippen molar-refractivity contribution in [3.05, 3.63) is 11.2 Å². The van der Waals surface area contributed by atoms with Gasteiger partial charge in [0.1, 0.15) is 16.6 Å². The molecule has 1 saturated heterocycles. The Morgan fingerprint density at radius 2 is 2.23 bits per heavy atom. The molecule has 0 saturated carbocycles. The zero-order valence-corrected chi connectivity index (χ0v) is 18.5. The molecule has 31 heavy (non-hydrogen) atoms. The molecule has 3 heterocycles. The molecule has 3 atom stereocenters. The third-order valence-electron chi connectivity index (χ3n) is 5.10. The van der Waals surface area contributed by atoms with Crippen LogP contribution in [-0.2, 0) is 16.6 Å². The summed E-state index contributed by atoms with van der Waals surface area (Å²) < 4.78 is 43.4. The Kier molecular flexibility index (Phi) is 7.88. The third-order valence-corrected chi connectivity index (χ3v) is 5.44. The number of nitrogens with zero attached hydrogens (tertiary/aromatic N) is 3. The monoisotopic (exact) mass is 460 g/mol. The molecule has 11 heteroatoms. The smallest absolute Gasteiger partial charge is 0.297 e. The van der Waals surface area contributed by atoms with Gasteiger partial charge in [0.15, 0.2) is 6.61 Å². The van der Waals surface area contributed by atoms with E-state index < -0.39 is 13.0 Å². The van der Waals surface area contributed by atoms with E-state index in [2.05, 4.69) is 15.3 Å². The highest BCUT2D eigenvalue weighted by Gasteiger charge is 2.26. The molecule has 0 unspecified atom stereocenters. The number of ether oxygens (including phenoxy) is 3. The van der Waals surface area contributed by atoms with Crippen molar-refractivity contribution in [2.24, 2.45) is 7.05 Å². The van der Waals surface area contributed by atoms with Crippen LogP contribution in [0.4, 0.5) is 8.78 Å². The van der Waals surface area contributed by atoms with E-state index in [-0.39, 0.29) is 35.1 Å². The summed E-state index contributed by atoms with van der Waals surface area (Å²) in [5, 5.41) is 2.98. The van der Waals surface area contributed by atoms with E-state index in [1.165, 1.54) is 13.1 Å². The second kappa shape index (κ2) is 10.4. The number of aryl methyl sites for hydroxylation is 1. The third kappa shape index (κ3) is 6.16. The molecule has 1 aliphatic heterocycles. The second-order valence-electron chi connectivity index (χ2n) is 7.72. The van der Waals surface area contributed by atoms with Gasteiger partial charge in [-0.1, -0.05) is 11.6 Å². The van der Waals surface area contributed by atoms with E-state index in [0.29, 0.717) is 23.7 Å². The number of amides is 1. The first-order valence-corrected chi connectivity index (χ1v) is 10.6. The highest BCUT2D eigenvalue weighted by molar-refractivity contribution is 6.36. The summed E-state index contributed by atoms with van der Waals surface area (Å²) >= 11 is 6.30. The molecule has 3 rings (SSSR count). The van der Waals surface area contributed by atoms with Gasteiger partial charge in [0, 0.05) is 20.0 Å². The molecule has 2 aromatic heterocycles. The summed E-state index contributed by atoms with van der Waals surface area (Å²) in [7, 11) is 1.73. The number of carbonyl (C=O) groups excluding carboxylic acids is 1. The fourth-order valence-corrected chi connectivity index (χ4v) is 3.91. The van der Waals surface area contributed by atoms with E-state index in [4.69, 9.17) is 25.8 Å². The van der Waals surface area contributed by atoms with E-state index in [1.807, 2.05) is 6.92 Å². The molecule has 1 amide bonds. The topological polar surface area (TPSA) is 87.5 Å². The molecule has 0 aliphatic carbocycles. The van der Waals surface area contributed by atoms with Gasteiger partial charge in [-0.2, -0.15) is 4.98 Å². The lowest BCUT2D eigenvalue weighted by Crippen LogP contribution is -2.36. The molecule has 172 valence electrons. The number of alkyl halides is 2. The van der Waals surface area contributed by atoms with Crippen LogP contribution in [0.15, 0.2) is 6.20 Å². The summed E-state index contributed by atoms with van der Waals surface area (Å²) in [6.07, 6.45) is 2.11. The van der Waals surface area contributed by atoms with Crippen LogP contribution in [0.25, 0.3) is 11.0 Å². The standard InChI is InChI=1S/C20H27ClF2N4O4/c1-11(25-12(2)28)4-5-13-6-7-14(9-29-13)31-20-26-15-8-24-19(30-10-16(22)23)17(21)18(15)27(20)3/h8,11,13-14,16H,4-7,9-10H2,1-3H3,(H,25,28)/t11-,13-,14-/m0/s1. The highest BCUT2D eigenvalue weighted by atomic mass is 35.5. The lowest BCUT2D eigenvalue weighted by atomic mass is 10.0. The SMILES string of the molecule is CC(=O)N[C@@H](C)CC[C@H]1CC[C@H](Oc2nc3cnc(OCC(F)F)c(Cl)c3n2C)CO1. The van der Waals surface area contributed by atoms with Crippen LogP contribution in [0.5, 0.6) is 11.9 Å². The van der Waals surface area contributed by atoms with Gasteiger partial charge in [-0.15, -0.1) is 0 Å². The Morgan fingerprint density at radius 1 is 1.45 bits per heavy atom. The molecular weight excluding hydrogens is 434 g/mol. The van der Waals surface area contributed by atoms with Crippen molar-refractivity contribution < 1.29 is 27.8 Å². The fourth-order valence-electron chi connectivity index (χ4n) is 3.58. The number of hydrogen-bond acceptors (Lipinski definition) is 6. The number of imidazole rings is 1. The molecule has 0 radical (unpaired) electrons. The van der Waals surface area contributed by atoms with E-state index in [9.17, 15) is 13.6 Å². The normalized spacial score (nSPS) is 20.1. The first-order chi connectivity index (χ1) is 14.7. The number of pyridine rings is 1. The van der Waals surface area contributed by atoms with Crippen LogP contribution in [0.1, 0.15) is 39.5 Å². The van der Waals surface area contributed by atoms with E-state index in [1.54, 1.807) is 11.6 Å². The van der Waals surface area contributed by atoms with Gasteiger partial charge < -0.3 is 19.5 Å². The number of hydrogen-bond donors (Lipinski definition) is 1. The van der Waals surface area contributed by atoms with Crippen molar-refractivity contribution in [3.63, 3.8) is 0 Å². The first-order valence-electron chi connectivity index (χ1n) is 10.2. The van der Waals surface area contributed by atoms with E-state index >= 15 is 0 Å². The molecule has 8 nitrogen and oxygen atoms in total. The van der Waals surface area contributed by atoms with Crippen LogP contribution >= 0.6 is 11.6 Å². The van der Waals surface area contributed by atoms with Crippen molar-refractivity contribution in [3.8, 4) is 11.9 Å². The second-order valence-corrected chi connectivity index (χ2v) is 8.10. The Hall–Kier alpha value is -2.20. The van der Waals surface area contributed by atoms with Gasteiger partial charge in [-0.3, -0.25) is 9.36 Å². The molecule has 0 aromatic carbocycles. The lowest BCUT2D eigenvalue weighted by Gasteiger charge is -2.29. The zero-order valence-electron chi connectivity index (χ0n) is 17.7. The fraction of sp³-hybridized carbons (Fsp3) is 0.650. The molecule has 0 bridgehead atoms. The lowest BCUT2D eigenvalue weighted by molar-refractivity contribution is -0.119. The Morgan fingerprint density at radius 3 is 2.87 bits per heavy atom. The average Bonchev–Trinajstić information content (AvgIpc) is 3.02. The van der Waals surface area contributed by atoms with Crippen molar-refractivity contribution in [1.82, 2.24) is 19.9 Å². The summed E-state index contributed by atoms with van der Waals surface area (Å²) in [5.41, 5.74) is 0.978. The maximum absolute atomic E-state index is 12.4. The van der Waals surface area contributed by atoms with Gasteiger partial charge in [0.25, 0.3) is 12.4 Å². The van der Waals surface area contributed by atoms with E-state index in [0.717, 1.165) is 25.7 Å². The van der Waals surface area contributed by atoms with Crippen LogP contribution < -0.4 is 14.8 Å². The van der Waals surface area contributed by atoms with Gasteiger partial charge in [-0.25, -0.2) is 13.8 Å². The van der Waals surface area contributed by atoms with Crippen molar-refractivity contribution >= 4 is 28.5 Å². The maximum atomic E-state index is 12.4. The van der Waals surface area contributed by atoms with Gasteiger partial charge >= 0.3 is 0 Å². The largest absolute Gasteiger partial charge is 0.470 e. The number of carbonyl (C=O) groups is 1. The maximum Gasteiger partial charge on any atom is 0.297 e. The summed E-state index contributed by atoms with van der Waals surface area (Å²) in [6, 6.07) is 0.457. The van der Waals surface area contributed by atoms with Crippen LogP contribution in [0.3, 0.4) is 0 Å². The van der Waals surface area contributed by atoms with Gasteiger partial charge in [-0.05, 0) is 32.6 Å². The first kappa shape index (κ1) is 23.5. The minimum absolute atomic E-state index is 0.0315. The Balaban J connectivity index is 1.57. The summed E-state index contributed by atoms with van der Waals surface area (Å²) in [5.74, 6) is -0.0997. The van der Waals surface area contributed by atoms with Crippen LogP contribution in [-0.4, -0.2) is 58.3 Å². The highest BCUT2D eigenvalue weighted by Crippen LogP contribution is 2.33. The quantitative estimate of drug-likeness (QED) is 0.616. The van der Waals surface area contributed by atoms with Gasteiger partial charge in [0.05, 0.1) is 24.4 Å². The number of nitrogens with one attached hydrogen (secondary N) is 1. The zero-order chi connectivity index (χ0) is 22.5. The number of halogens is 3. The minimum atomic E-state index is -2.62. The number of rotatable bonds is 9. The van der Waals surface area contributed by atoms with Crippen LogP contribution in [0, 0.1) is 0 Å². The van der Waals surface area contributed by atoms with Gasteiger partial charge in [0.2, 0.25) is 11.8 Å². The molecular formula is C20H27ClF2N4O4. The Labute approximate surface area is 184 Å². The number of fused-ring (bicyclic) bond motifs is 1. The molecule has 1 aliphatic rings. The minimum Gasteiger partial charge on any atom is -0.470 e. The van der Waals surface area contributed by atoms with Crippen molar-refractivity contribution in [1.29, 1.82) is 0 Å².